The molecule has 0 amide bonds. The minimum absolute atomic E-state index is 1.06. The highest BCUT2D eigenvalue weighted by atomic mass is 32.2. The van der Waals surface area contributed by atoms with Crippen LogP contribution in [0.4, 0.5) is 0 Å². The van der Waals surface area contributed by atoms with Gasteiger partial charge >= 0.3 is 0 Å². The van der Waals surface area contributed by atoms with Gasteiger partial charge in [0, 0.05) is 22.3 Å². The second-order valence-corrected chi connectivity index (χ2v) is 4.30. The van der Waals surface area contributed by atoms with Gasteiger partial charge in [0.25, 0.3) is 0 Å². The van der Waals surface area contributed by atoms with Crippen molar-refractivity contribution in [2.24, 2.45) is 0 Å². The van der Waals surface area contributed by atoms with E-state index in [1.165, 1.54) is 16.0 Å². The van der Waals surface area contributed by atoms with E-state index in [1.54, 1.807) is 11.8 Å². The van der Waals surface area contributed by atoms with Crippen LogP contribution in [0.2, 0.25) is 0 Å². The molecule has 0 bridgehead atoms. The van der Waals surface area contributed by atoms with Gasteiger partial charge in [-0.2, -0.15) is 0 Å². The number of hydrogen-bond acceptors (Lipinski definition) is 2. The third-order valence-corrected chi connectivity index (χ3v) is 3.08. The summed E-state index contributed by atoms with van der Waals surface area (Å²) in [4.78, 5) is 5.58. The predicted octanol–water partition coefficient (Wildman–Crippen LogP) is 3.78. The fraction of sp³-hybridized carbons (Fsp3) is 0.154. The number of thioether (sulfide) groups is 1. The van der Waals surface area contributed by atoms with Gasteiger partial charge < -0.3 is 0 Å². The number of benzene rings is 1. The SMILES string of the molecule is CSc1ccc(-c2ccc(C)nc2)cc1. The molecule has 0 aliphatic rings. The summed E-state index contributed by atoms with van der Waals surface area (Å²) >= 11 is 1.76. The Morgan fingerprint density at radius 2 is 1.60 bits per heavy atom. The Hall–Kier alpha value is -1.28. The molecule has 0 saturated carbocycles. The summed E-state index contributed by atoms with van der Waals surface area (Å²) in [6.45, 7) is 2.00. The number of aryl methyl sites for hydroxylation is 1. The Kier molecular flexibility index (Phi) is 3.07. The van der Waals surface area contributed by atoms with Crippen LogP contribution in [0.25, 0.3) is 11.1 Å². The number of aromatic nitrogens is 1. The summed E-state index contributed by atoms with van der Waals surface area (Å²) in [6.07, 6.45) is 4.01. The maximum atomic E-state index is 4.29. The molecule has 1 aromatic carbocycles. The van der Waals surface area contributed by atoms with Crippen molar-refractivity contribution in [1.29, 1.82) is 0 Å². The number of nitrogens with zero attached hydrogens (tertiary/aromatic N) is 1. The Morgan fingerprint density at radius 3 is 2.13 bits per heavy atom. The summed E-state index contributed by atoms with van der Waals surface area (Å²) in [7, 11) is 0. The van der Waals surface area contributed by atoms with E-state index in [0.717, 1.165) is 5.69 Å². The first-order valence-corrected chi connectivity index (χ1v) is 6.09. The van der Waals surface area contributed by atoms with Gasteiger partial charge in [-0.15, -0.1) is 11.8 Å². The Morgan fingerprint density at radius 1 is 0.933 bits per heavy atom. The number of rotatable bonds is 2. The predicted molar refractivity (Wildman–Crippen MR) is 66.2 cm³/mol. The molecule has 0 spiro atoms. The molecular formula is C13H13NS. The van der Waals surface area contributed by atoms with Crippen LogP contribution >= 0.6 is 11.8 Å². The fourth-order valence-corrected chi connectivity index (χ4v) is 1.83. The van der Waals surface area contributed by atoms with E-state index in [-0.39, 0.29) is 0 Å². The van der Waals surface area contributed by atoms with Crippen LogP contribution in [0.15, 0.2) is 47.5 Å². The standard InChI is InChI=1S/C13H13NS/c1-10-3-4-12(9-14-10)11-5-7-13(15-2)8-6-11/h3-9H,1-2H3. The highest BCUT2D eigenvalue weighted by molar-refractivity contribution is 7.98. The quantitative estimate of drug-likeness (QED) is 0.707. The Balaban J connectivity index is 2.33. The van der Waals surface area contributed by atoms with Crippen LogP contribution in [0.5, 0.6) is 0 Å². The zero-order valence-corrected chi connectivity index (χ0v) is 9.71. The molecule has 0 radical (unpaired) electrons. The highest BCUT2D eigenvalue weighted by Crippen LogP contribution is 2.22. The Labute approximate surface area is 94.6 Å². The van der Waals surface area contributed by atoms with E-state index in [1.807, 2.05) is 19.2 Å². The Bertz CT molecular complexity index is 431. The van der Waals surface area contributed by atoms with Gasteiger partial charge in [-0.3, -0.25) is 4.98 Å². The largest absolute Gasteiger partial charge is 0.261 e. The first-order valence-electron chi connectivity index (χ1n) is 4.86. The van der Waals surface area contributed by atoms with Crippen molar-refractivity contribution in [3.8, 4) is 11.1 Å². The molecule has 1 nitrogen and oxygen atoms in total. The van der Waals surface area contributed by atoms with Gasteiger partial charge in [0.05, 0.1) is 0 Å². The summed E-state index contributed by atoms with van der Waals surface area (Å²) in [5.41, 5.74) is 3.45. The first-order chi connectivity index (χ1) is 7.29. The van der Waals surface area contributed by atoms with Crippen molar-refractivity contribution in [2.45, 2.75) is 11.8 Å². The molecule has 0 saturated heterocycles. The van der Waals surface area contributed by atoms with E-state index >= 15 is 0 Å². The van der Waals surface area contributed by atoms with Crippen LogP contribution in [-0.4, -0.2) is 11.2 Å². The van der Waals surface area contributed by atoms with Crippen molar-refractivity contribution in [3.05, 3.63) is 48.3 Å². The molecule has 2 aromatic rings. The van der Waals surface area contributed by atoms with Gasteiger partial charge in [0.1, 0.15) is 0 Å². The number of pyridine rings is 1. The zero-order chi connectivity index (χ0) is 10.7. The van der Waals surface area contributed by atoms with E-state index in [4.69, 9.17) is 0 Å². The van der Waals surface area contributed by atoms with E-state index < -0.39 is 0 Å². The number of hydrogen-bond donors (Lipinski definition) is 0. The zero-order valence-electron chi connectivity index (χ0n) is 8.90. The second kappa shape index (κ2) is 4.49. The molecule has 2 heteroatoms. The van der Waals surface area contributed by atoms with E-state index in [2.05, 4.69) is 41.6 Å². The average molecular weight is 215 g/mol. The van der Waals surface area contributed by atoms with E-state index in [9.17, 15) is 0 Å². The molecule has 1 aromatic heterocycles. The summed E-state index contributed by atoms with van der Waals surface area (Å²) in [5, 5.41) is 0. The fourth-order valence-electron chi connectivity index (χ4n) is 1.42. The van der Waals surface area contributed by atoms with Crippen molar-refractivity contribution in [1.82, 2.24) is 4.98 Å². The smallest absolute Gasteiger partial charge is 0.0373 e. The minimum atomic E-state index is 1.06. The lowest BCUT2D eigenvalue weighted by atomic mass is 10.1. The van der Waals surface area contributed by atoms with Crippen molar-refractivity contribution in [2.75, 3.05) is 6.26 Å². The van der Waals surface area contributed by atoms with Crippen LogP contribution in [0.3, 0.4) is 0 Å². The minimum Gasteiger partial charge on any atom is -0.261 e. The summed E-state index contributed by atoms with van der Waals surface area (Å²) < 4.78 is 0. The van der Waals surface area contributed by atoms with Gasteiger partial charge in [0.15, 0.2) is 0 Å². The summed E-state index contributed by atoms with van der Waals surface area (Å²) in [6, 6.07) is 12.7. The second-order valence-electron chi connectivity index (χ2n) is 3.42. The lowest BCUT2D eigenvalue weighted by molar-refractivity contribution is 1.20. The monoisotopic (exact) mass is 215 g/mol. The van der Waals surface area contributed by atoms with Crippen LogP contribution in [-0.2, 0) is 0 Å². The molecule has 15 heavy (non-hydrogen) atoms. The molecular weight excluding hydrogens is 202 g/mol. The third-order valence-electron chi connectivity index (χ3n) is 2.33. The van der Waals surface area contributed by atoms with Gasteiger partial charge in [-0.25, -0.2) is 0 Å². The molecule has 76 valence electrons. The average Bonchev–Trinajstić information content (AvgIpc) is 2.30. The van der Waals surface area contributed by atoms with E-state index in [0.29, 0.717) is 0 Å². The van der Waals surface area contributed by atoms with Crippen molar-refractivity contribution >= 4 is 11.8 Å². The maximum absolute atomic E-state index is 4.29. The molecule has 0 unspecified atom stereocenters. The normalized spacial score (nSPS) is 10.3. The van der Waals surface area contributed by atoms with Crippen LogP contribution < -0.4 is 0 Å². The molecule has 1 heterocycles. The van der Waals surface area contributed by atoms with Gasteiger partial charge in [0.2, 0.25) is 0 Å². The lowest BCUT2D eigenvalue weighted by Gasteiger charge is -2.02. The first kappa shape index (κ1) is 10.2. The van der Waals surface area contributed by atoms with Crippen LogP contribution in [0.1, 0.15) is 5.69 Å². The molecule has 0 fully saturated rings. The molecule has 0 aliphatic carbocycles. The van der Waals surface area contributed by atoms with Crippen LogP contribution in [0, 0.1) is 6.92 Å². The summed E-state index contributed by atoms with van der Waals surface area (Å²) in [5.74, 6) is 0. The molecule has 2 rings (SSSR count). The third kappa shape index (κ3) is 2.39. The van der Waals surface area contributed by atoms with Crippen molar-refractivity contribution < 1.29 is 0 Å². The molecule has 0 aliphatic heterocycles. The van der Waals surface area contributed by atoms with Crippen molar-refractivity contribution in [3.63, 3.8) is 0 Å². The highest BCUT2D eigenvalue weighted by Gasteiger charge is 1.97. The molecule has 0 N–H and O–H groups in total. The topological polar surface area (TPSA) is 12.9 Å². The van der Waals surface area contributed by atoms with Gasteiger partial charge in [-0.05, 0) is 36.9 Å². The maximum Gasteiger partial charge on any atom is 0.0373 e. The van der Waals surface area contributed by atoms with Gasteiger partial charge in [-0.1, -0.05) is 18.2 Å². The molecule has 0 atom stereocenters. The lowest BCUT2D eigenvalue weighted by Crippen LogP contribution is -1.82.